The molecular weight excluding hydrogens is 352 g/mol. The van der Waals surface area contributed by atoms with Crippen LogP contribution in [0.5, 0.6) is 5.75 Å². The van der Waals surface area contributed by atoms with Gasteiger partial charge in [-0.05, 0) is 43.9 Å². The maximum absolute atomic E-state index is 11.3. The first-order valence-corrected chi connectivity index (χ1v) is 9.28. The highest BCUT2D eigenvalue weighted by atomic mass is 32.1. The lowest BCUT2D eigenvalue weighted by molar-refractivity contribution is 0.0701. The Bertz CT molecular complexity index is 932. The third-order valence-corrected chi connectivity index (χ3v) is 5.76. The van der Waals surface area contributed by atoms with Gasteiger partial charge in [0.15, 0.2) is 0 Å². The van der Waals surface area contributed by atoms with Crippen molar-refractivity contribution in [2.45, 2.75) is 26.2 Å². The Hall–Kier alpha value is -2.74. The summed E-state index contributed by atoms with van der Waals surface area (Å²) in [6.07, 6.45) is 7.07. The summed E-state index contributed by atoms with van der Waals surface area (Å²) in [6.45, 7) is 2.40. The number of hydrogen-bond donors (Lipinski definition) is 1. The Labute approximate surface area is 154 Å². The molecular formula is C18H18N4O3S. The predicted molar refractivity (Wildman–Crippen MR) is 97.0 cm³/mol. The zero-order valence-corrected chi connectivity index (χ0v) is 15.1. The molecule has 1 fully saturated rings. The van der Waals surface area contributed by atoms with E-state index in [1.807, 2.05) is 18.2 Å². The molecule has 7 nitrogen and oxygen atoms in total. The first kappa shape index (κ1) is 16.7. The van der Waals surface area contributed by atoms with Crippen molar-refractivity contribution in [3.8, 4) is 22.0 Å². The zero-order chi connectivity index (χ0) is 18.1. The number of carboxylic acids is 1. The fourth-order valence-corrected chi connectivity index (χ4v) is 3.78. The van der Waals surface area contributed by atoms with Crippen LogP contribution in [0.2, 0.25) is 0 Å². The number of rotatable bonds is 6. The summed E-state index contributed by atoms with van der Waals surface area (Å²) < 4.78 is 7.67. The Balaban J connectivity index is 1.69. The minimum atomic E-state index is -0.955. The molecule has 1 saturated carbocycles. The molecule has 0 bridgehead atoms. The lowest BCUT2D eigenvalue weighted by Crippen LogP contribution is -2.19. The van der Waals surface area contributed by atoms with Crippen LogP contribution in [0.3, 0.4) is 0 Å². The Morgan fingerprint density at radius 3 is 2.88 bits per heavy atom. The second kappa shape index (κ2) is 6.87. The van der Waals surface area contributed by atoms with Crippen LogP contribution in [-0.2, 0) is 0 Å². The van der Waals surface area contributed by atoms with E-state index in [4.69, 9.17) is 4.74 Å². The lowest BCUT2D eigenvalue weighted by atomic mass is 9.86. The van der Waals surface area contributed by atoms with E-state index in [0.717, 1.165) is 17.0 Å². The number of hydrogen-bond acceptors (Lipinski definition) is 6. The van der Waals surface area contributed by atoms with Crippen molar-refractivity contribution >= 4 is 17.3 Å². The van der Waals surface area contributed by atoms with E-state index in [9.17, 15) is 9.90 Å². The highest BCUT2D eigenvalue weighted by Crippen LogP contribution is 2.34. The van der Waals surface area contributed by atoms with Crippen molar-refractivity contribution in [1.29, 1.82) is 0 Å². The van der Waals surface area contributed by atoms with Crippen LogP contribution in [0.4, 0.5) is 0 Å². The Kier molecular flexibility index (Phi) is 4.42. The van der Waals surface area contributed by atoms with Crippen LogP contribution < -0.4 is 4.74 Å². The molecule has 1 aromatic carbocycles. The van der Waals surface area contributed by atoms with E-state index < -0.39 is 5.97 Å². The number of aryl methyl sites for hydroxylation is 1. The molecule has 0 unspecified atom stereocenters. The normalized spacial score (nSPS) is 14.2. The number of aromatic carboxylic acids is 1. The van der Waals surface area contributed by atoms with Crippen LogP contribution in [0.1, 0.15) is 34.6 Å². The standard InChI is InChI=1S/C18H18N4O3S/c1-11-16(18(23)24)26-17(20-11)13-5-6-15(25-10-12-3-2-4-12)14(9-13)22-8-7-19-21-22/h5-9,12H,2-4,10H2,1H3,(H,23,24). The summed E-state index contributed by atoms with van der Waals surface area (Å²) in [5.74, 6) is 0.402. The van der Waals surface area contributed by atoms with Gasteiger partial charge in [0.2, 0.25) is 0 Å². The van der Waals surface area contributed by atoms with Crippen molar-refractivity contribution in [3.63, 3.8) is 0 Å². The van der Waals surface area contributed by atoms with Crippen LogP contribution in [0.25, 0.3) is 16.3 Å². The van der Waals surface area contributed by atoms with Crippen LogP contribution in [-0.4, -0.2) is 37.7 Å². The van der Waals surface area contributed by atoms with Crippen molar-refractivity contribution in [2.24, 2.45) is 5.92 Å². The molecule has 0 saturated heterocycles. The molecule has 134 valence electrons. The van der Waals surface area contributed by atoms with Gasteiger partial charge in [-0.3, -0.25) is 0 Å². The van der Waals surface area contributed by atoms with E-state index >= 15 is 0 Å². The van der Waals surface area contributed by atoms with Gasteiger partial charge in [0.1, 0.15) is 21.3 Å². The lowest BCUT2D eigenvalue weighted by Gasteiger charge is -2.25. The number of carboxylic acid groups (broad SMARTS) is 1. The number of carbonyl (C=O) groups is 1. The number of aromatic nitrogens is 4. The summed E-state index contributed by atoms with van der Waals surface area (Å²) in [5.41, 5.74) is 2.11. The monoisotopic (exact) mass is 370 g/mol. The molecule has 26 heavy (non-hydrogen) atoms. The molecule has 4 rings (SSSR count). The zero-order valence-electron chi connectivity index (χ0n) is 14.3. The molecule has 2 aromatic heterocycles. The highest BCUT2D eigenvalue weighted by molar-refractivity contribution is 7.17. The maximum Gasteiger partial charge on any atom is 0.347 e. The number of nitrogens with zero attached hydrogens (tertiary/aromatic N) is 4. The largest absolute Gasteiger partial charge is 0.491 e. The number of benzene rings is 1. The molecule has 0 amide bonds. The Morgan fingerprint density at radius 2 is 2.27 bits per heavy atom. The van der Waals surface area contributed by atoms with Crippen molar-refractivity contribution in [3.05, 3.63) is 41.2 Å². The molecule has 1 N–H and O–H groups in total. The third-order valence-electron chi connectivity index (χ3n) is 4.57. The van der Waals surface area contributed by atoms with E-state index in [0.29, 0.717) is 23.2 Å². The topological polar surface area (TPSA) is 90.1 Å². The van der Waals surface area contributed by atoms with Crippen LogP contribution in [0, 0.1) is 12.8 Å². The number of thiazole rings is 1. The molecule has 0 aliphatic heterocycles. The van der Waals surface area contributed by atoms with Gasteiger partial charge in [-0.15, -0.1) is 16.4 Å². The van der Waals surface area contributed by atoms with Gasteiger partial charge in [0.25, 0.3) is 0 Å². The molecule has 3 aromatic rings. The molecule has 2 heterocycles. The highest BCUT2D eigenvalue weighted by Gasteiger charge is 2.20. The van der Waals surface area contributed by atoms with Gasteiger partial charge in [-0.25, -0.2) is 14.5 Å². The quantitative estimate of drug-likeness (QED) is 0.713. The first-order chi connectivity index (χ1) is 12.6. The molecule has 0 atom stereocenters. The minimum absolute atomic E-state index is 0.257. The summed E-state index contributed by atoms with van der Waals surface area (Å²) in [4.78, 5) is 15.9. The summed E-state index contributed by atoms with van der Waals surface area (Å²) in [5, 5.41) is 17.9. The van der Waals surface area contributed by atoms with Crippen molar-refractivity contribution < 1.29 is 14.6 Å². The van der Waals surface area contributed by atoms with Gasteiger partial charge >= 0.3 is 5.97 Å². The van der Waals surface area contributed by atoms with Crippen molar-refractivity contribution in [1.82, 2.24) is 20.0 Å². The van der Waals surface area contributed by atoms with Gasteiger partial charge in [-0.1, -0.05) is 11.6 Å². The molecule has 1 aliphatic rings. The van der Waals surface area contributed by atoms with Gasteiger partial charge in [0.05, 0.1) is 24.7 Å². The van der Waals surface area contributed by atoms with E-state index in [1.54, 1.807) is 24.0 Å². The maximum atomic E-state index is 11.3. The fraction of sp³-hybridized carbons (Fsp3) is 0.333. The summed E-state index contributed by atoms with van der Waals surface area (Å²) in [7, 11) is 0. The molecule has 8 heteroatoms. The van der Waals surface area contributed by atoms with E-state index in [2.05, 4.69) is 15.3 Å². The second-order valence-corrected chi connectivity index (χ2v) is 7.38. The van der Waals surface area contributed by atoms with E-state index in [1.165, 1.54) is 30.6 Å². The SMILES string of the molecule is Cc1nc(-c2ccc(OCC3CCC3)c(-n3ccnn3)c2)sc1C(=O)O. The average Bonchev–Trinajstić information content (AvgIpc) is 3.23. The predicted octanol–water partition coefficient (Wildman–Crippen LogP) is 3.58. The van der Waals surface area contributed by atoms with Crippen LogP contribution >= 0.6 is 11.3 Å². The van der Waals surface area contributed by atoms with Gasteiger partial charge in [-0.2, -0.15) is 0 Å². The van der Waals surface area contributed by atoms with Crippen molar-refractivity contribution in [2.75, 3.05) is 6.61 Å². The second-order valence-electron chi connectivity index (χ2n) is 6.38. The van der Waals surface area contributed by atoms with Gasteiger partial charge in [0, 0.05) is 5.56 Å². The van der Waals surface area contributed by atoms with Gasteiger partial charge < -0.3 is 9.84 Å². The molecule has 0 radical (unpaired) electrons. The van der Waals surface area contributed by atoms with E-state index in [-0.39, 0.29) is 4.88 Å². The minimum Gasteiger partial charge on any atom is -0.491 e. The molecule has 0 spiro atoms. The smallest absolute Gasteiger partial charge is 0.347 e. The Morgan fingerprint density at radius 1 is 1.42 bits per heavy atom. The summed E-state index contributed by atoms with van der Waals surface area (Å²) in [6, 6.07) is 5.71. The summed E-state index contributed by atoms with van der Waals surface area (Å²) >= 11 is 1.17. The first-order valence-electron chi connectivity index (χ1n) is 8.46. The van der Waals surface area contributed by atoms with Crippen LogP contribution in [0.15, 0.2) is 30.6 Å². The average molecular weight is 370 g/mol. The third kappa shape index (κ3) is 3.20. The number of ether oxygens (including phenoxy) is 1. The molecule has 1 aliphatic carbocycles. The fourth-order valence-electron chi connectivity index (χ4n) is 2.87.